The van der Waals surface area contributed by atoms with Crippen molar-refractivity contribution in [3.63, 3.8) is 0 Å². The third-order valence-corrected chi connectivity index (χ3v) is 4.49. The second-order valence-corrected chi connectivity index (χ2v) is 6.77. The number of carbonyl (C=O) groups is 1. The molecule has 0 aliphatic carbocycles. The monoisotopic (exact) mass is 437 g/mol. The Morgan fingerprint density at radius 2 is 1.96 bits per heavy atom. The molecule has 1 aliphatic rings. The van der Waals surface area contributed by atoms with Crippen LogP contribution in [0.3, 0.4) is 0 Å². The number of hydrogen-bond acceptors (Lipinski definition) is 2. The summed E-state index contributed by atoms with van der Waals surface area (Å²) in [6, 6.07) is 3.82. The largest absolute Gasteiger partial charge is 0.445 e. The lowest BCUT2D eigenvalue weighted by Gasteiger charge is -2.35. The minimum Gasteiger partial charge on any atom is -0.415 e. The maximum absolute atomic E-state index is 13.8. The Kier molecular flexibility index (Phi) is 6.64. The number of carbonyl (C=O) groups excluding carboxylic acids is 1. The highest BCUT2D eigenvalue weighted by Gasteiger charge is 2.61. The molecule has 1 atom stereocenters. The van der Waals surface area contributed by atoms with E-state index in [0.717, 1.165) is 30.7 Å². The minimum atomic E-state index is -4.90. The van der Waals surface area contributed by atoms with E-state index in [-0.39, 0.29) is 16.3 Å². The van der Waals surface area contributed by atoms with Gasteiger partial charge >= 0.3 is 12.3 Å². The zero-order valence-electron chi connectivity index (χ0n) is 13.2. The normalized spacial score (nSPS) is 19.3. The van der Waals surface area contributed by atoms with E-state index < -0.39 is 17.9 Å². The molecule has 0 aromatic heterocycles. The van der Waals surface area contributed by atoms with Gasteiger partial charge in [0.1, 0.15) is 0 Å². The number of anilines is 1. The summed E-state index contributed by atoms with van der Waals surface area (Å²) in [4.78, 5) is 11.6. The number of nitrogens with one attached hydrogen (secondary N) is 1. The van der Waals surface area contributed by atoms with E-state index in [9.17, 15) is 18.0 Å². The summed E-state index contributed by atoms with van der Waals surface area (Å²) in [5, 5.41) is 3.25. The van der Waals surface area contributed by atoms with Crippen molar-refractivity contribution in [2.45, 2.75) is 43.9 Å². The summed E-state index contributed by atoms with van der Waals surface area (Å²) in [7, 11) is 0. The molecule has 1 N–H and O–H groups in total. The summed E-state index contributed by atoms with van der Waals surface area (Å²) in [6.45, 7) is 0. The van der Waals surface area contributed by atoms with Crippen LogP contribution in [0.4, 0.5) is 23.7 Å². The van der Waals surface area contributed by atoms with Gasteiger partial charge in [0, 0.05) is 22.3 Å². The number of halogens is 5. The fourth-order valence-electron chi connectivity index (χ4n) is 2.47. The van der Waals surface area contributed by atoms with E-state index in [1.165, 1.54) is 12.1 Å². The van der Waals surface area contributed by atoms with Gasteiger partial charge in [-0.1, -0.05) is 46.3 Å². The summed E-state index contributed by atoms with van der Waals surface area (Å²) >= 11 is 9.16. The quantitative estimate of drug-likeness (QED) is 0.347. The minimum absolute atomic E-state index is 0.00963. The van der Waals surface area contributed by atoms with Crippen molar-refractivity contribution in [2.75, 3.05) is 10.6 Å². The predicted octanol–water partition coefficient (Wildman–Crippen LogP) is 6.01. The lowest BCUT2D eigenvalue weighted by atomic mass is 9.90. The van der Waals surface area contributed by atoms with Gasteiger partial charge in [0.15, 0.2) is 0 Å². The van der Waals surface area contributed by atoms with Gasteiger partial charge in [-0.05, 0) is 37.0 Å². The average Bonchev–Trinajstić information content (AvgIpc) is 2.53. The Labute approximate surface area is 157 Å². The number of alkyl halides is 4. The Morgan fingerprint density at radius 1 is 1.24 bits per heavy atom. The SMILES string of the molecule is O=C1Nc2ccc(Cl)cc2C(C#CCCCCCCBr)(C(F)(F)F)O1. The number of benzene rings is 1. The van der Waals surface area contributed by atoms with Gasteiger partial charge in [-0.3, -0.25) is 5.32 Å². The molecule has 2 rings (SSSR count). The fraction of sp³-hybridized carbons (Fsp3) is 0.471. The first-order valence-corrected chi connectivity index (χ1v) is 9.23. The number of cyclic esters (lactones) is 1. The van der Waals surface area contributed by atoms with Crippen LogP contribution in [0.2, 0.25) is 5.02 Å². The Balaban J connectivity index is 2.31. The van der Waals surface area contributed by atoms with Crippen LogP contribution in [-0.4, -0.2) is 17.6 Å². The molecule has 25 heavy (non-hydrogen) atoms. The molecule has 0 fully saturated rings. The molecule has 1 aromatic carbocycles. The summed E-state index contributed by atoms with van der Waals surface area (Å²) in [6.07, 6.45) is -2.25. The molecular weight excluding hydrogens is 423 g/mol. The maximum atomic E-state index is 13.8. The fourth-order valence-corrected chi connectivity index (χ4v) is 3.04. The van der Waals surface area contributed by atoms with Gasteiger partial charge in [-0.25, -0.2) is 4.79 Å². The molecular formula is C17H16BrClF3NO2. The molecule has 1 aliphatic heterocycles. The van der Waals surface area contributed by atoms with Gasteiger partial charge in [0.25, 0.3) is 5.60 Å². The van der Waals surface area contributed by atoms with Crippen LogP contribution in [0.5, 0.6) is 0 Å². The highest BCUT2D eigenvalue weighted by Crippen LogP contribution is 2.47. The molecule has 0 saturated carbocycles. The van der Waals surface area contributed by atoms with Gasteiger partial charge in [-0.2, -0.15) is 13.2 Å². The maximum Gasteiger partial charge on any atom is 0.445 e. The van der Waals surface area contributed by atoms with E-state index in [2.05, 4.69) is 37.8 Å². The molecule has 0 saturated heterocycles. The van der Waals surface area contributed by atoms with Crippen LogP contribution in [-0.2, 0) is 10.3 Å². The molecule has 3 nitrogen and oxygen atoms in total. The van der Waals surface area contributed by atoms with Gasteiger partial charge in [0.2, 0.25) is 0 Å². The first-order chi connectivity index (χ1) is 11.8. The molecule has 1 heterocycles. The summed E-state index contributed by atoms with van der Waals surface area (Å²) < 4.78 is 46.1. The second kappa shape index (κ2) is 8.33. The summed E-state index contributed by atoms with van der Waals surface area (Å²) in [5.41, 5.74) is -3.32. The van der Waals surface area contributed by atoms with Crippen molar-refractivity contribution in [3.8, 4) is 11.8 Å². The molecule has 0 bridgehead atoms. The van der Waals surface area contributed by atoms with E-state index in [0.29, 0.717) is 12.8 Å². The van der Waals surface area contributed by atoms with Crippen molar-refractivity contribution >= 4 is 39.3 Å². The lowest BCUT2D eigenvalue weighted by molar-refractivity contribution is -0.239. The van der Waals surface area contributed by atoms with Crippen molar-refractivity contribution in [2.24, 2.45) is 0 Å². The number of hydrogen-bond donors (Lipinski definition) is 1. The Bertz CT molecular complexity index is 699. The highest BCUT2D eigenvalue weighted by molar-refractivity contribution is 9.09. The van der Waals surface area contributed by atoms with Crippen LogP contribution >= 0.6 is 27.5 Å². The third kappa shape index (κ3) is 4.62. The van der Waals surface area contributed by atoms with Gasteiger partial charge < -0.3 is 4.74 Å². The van der Waals surface area contributed by atoms with Crippen molar-refractivity contribution in [1.29, 1.82) is 0 Å². The number of ether oxygens (including phenoxy) is 1. The van der Waals surface area contributed by atoms with Gasteiger partial charge in [-0.15, -0.1) is 0 Å². The standard InChI is InChI=1S/C17H16BrClF3NO2/c18-10-6-4-2-1-3-5-9-16(17(20,21)22)13-11-12(19)7-8-14(13)23-15(24)25-16/h7-8,11H,1-4,6,10H2,(H,23,24). The Morgan fingerprint density at radius 3 is 2.64 bits per heavy atom. The van der Waals surface area contributed by atoms with E-state index in [1.54, 1.807) is 0 Å². The van der Waals surface area contributed by atoms with Gasteiger partial charge in [0.05, 0.1) is 5.69 Å². The van der Waals surface area contributed by atoms with E-state index in [1.807, 2.05) is 0 Å². The number of rotatable bonds is 5. The van der Waals surface area contributed by atoms with Crippen molar-refractivity contribution in [3.05, 3.63) is 28.8 Å². The molecule has 136 valence electrons. The van der Waals surface area contributed by atoms with Crippen LogP contribution in [0.1, 0.15) is 37.7 Å². The zero-order valence-corrected chi connectivity index (χ0v) is 15.5. The number of unbranched alkanes of at least 4 members (excludes halogenated alkanes) is 4. The molecule has 8 heteroatoms. The highest BCUT2D eigenvalue weighted by atomic mass is 79.9. The van der Waals surface area contributed by atoms with Crippen molar-refractivity contribution in [1.82, 2.24) is 0 Å². The first kappa shape index (κ1) is 19.9. The van der Waals surface area contributed by atoms with Crippen LogP contribution in [0.25, 0.3) is 0 Å². The lowest BCUT2D eigenvalue weighted by Crippen LogP contribution is -2.49. The second-order valence-electron chi connectivity index (χ2n) is 5.54. The molecule has 1 unspecified atom stereocenters. The average molecular weight is 439 g/mol. The smallest absolute Gasteiger partial charge is 0.415 e. The molecule has 1 amide bonds. The van der Waals surface area contributed by atoms with E-state index >= 15 is 0 Å². The molecule has 0 radical (unpaired) electrons. The zero-order chi connectivity index (χ0) is 18.5. The predicted molar refractivity (Wildman–Crippen MR) is 93.9 cm³/mol. The Hall–Kier alpha value is -1.39. The number of fused-ring (bicyclic) bond motifs is 1. The summed E-state index contributed by atoms with van der Waals surface area (Å²) in [5.74, 6) is 4.68. The van der Waals surface area contributed by atoms with E-state index in [4.69, 9.17) is 11.6 Å². The van der Waals surface area contributed by atoms with Crippen LogP contribution < -0.4 is 5.32 Å². The molecule has 0 spiro atoms. The first-order valence-electron chi connectivity index (χ1n) is 7.73. The number of amides is 1. The molecule has 1 aromatic rings. The van der Waals surface area contributed by atoms with Crippen molar-refractivity contribution < 1.29 is 22.7 Å². The van der Waals surface area contributed by atoms with Crippen LogP contribution in [0.15, 0.2) is 18.2 Å². The van der Waals surface area contributed by atoms with Crippen LogP contribution in [0, 0.1) is 11.8 Å². The third-order valence-electron chi connectivity index (χ3n) is 3.69. The topological polar surface area (TPSA) is 38.3 Å².